The van der Waals surface area contributed by atoms with Gasteiger partial charge in [0.25, 0.3) is 10.1 Å². The molecule has 0 heterocycles. The topological polar surface area (TPSA) is 88.5 Å². The van der Waals surface area contributed by atoms with Crippen LogP contribution in [0, 0.1) is 6.92 Å². The van der Waals surface area contributed by atoms with Gasteiger partial charge < -0.3 is 0 Å². The predicted molar refractivity (Wildman–Crippen MR) is 63.3 cm³/mol. The zero-order chi connectivity index (χ0) is 13.3. The molecule has 17 heavy (non-hydrogen) atoms. The molecule has 1 aromatic rings. The molecule has 0 radical (unpaired) electrons. The second kappa shape index (κ2) is 4.75. The fourth-order valence-corrected chi connectivity index (χ4v) is 3.61. The molecule has 96 valence electrons. The maximum Gasteiger partial charge on any atom is 0.294 e. The van der Waals surface area contributed by atoms with Gasteiger partial charge in [0.1, 0.15) is 0 Å². The predicted octanol–water partition coefficient (Wildman–Crippen LogP) is 1.43. The zero-order valence-electron chi connectivity index (χ0n) is 9.54. The standard InChI is InChI=1S/C10H14O5S2/c1-3-6-16(11,12)9-5-4-8(2)10(7-9)17(13,14)15/h4-5,7H,3,6H2,1-2H3,(H,13,14,15). The summed E-state index contributed by atoms with van der Waals surface area (Å²) in [5.41, 5.74) is 0.308. The molecule has 0 aliphatic carbocycles. The van der Waals surface area contributed by atoms with Gasteiger partial charge in [0.05, 0.1) is 15.5 Å². The summed E-state index contributed by atoms with van der Waals surface area (Å²) in [6.45, 7) is 3.20. The first kappa shape index (κ1) is 14.1. The number of aryl methyl sites for hydroxylation is 1. The molecule has 0 saturated heterocycles. The van der Waals surface area contributed by atoms with Gasteiger partial charge in [-0.3, -0.25) is 4.55 Å². The molecule has 1 N–H and O–H groups in total. The van der Waals surface area contributed by atoms with Crippen molar-refractivity contribution in [3.05, 3.63) is 23.8 Å². The number of rotatable bonds is 4. The van der Waals surface area contributed by atoms with Crippen LogP contribution in [0.4, 0.5) is 0 Å². The van der Waals surface area contributed by atoms with E-state index < -0.39 is 20.0 Å². The van der Waals surface area contributed by atoms with E-state index in [-0.39, 0.29) is 15.5 Å². The van der Waals surface area contributed by atoms with Crippen molar-refractivity contribution in [2.75, 3.05) is 5.75 Å². The van der Waals surface area contributed by atoms with Crippen molar-refractivity contribution in [2.24, 2.45) is 0 Å². The maximum absolute atomic E-state index is 11.7. The molecule has 0 atom stereocenters. The van der Waals surface area contributed by atoms with E-state index in [1.165, 1.54) is 19.1 Å². The lowest BCUT2D eigenvalue weighted by Gasteiger charge is -2.07. The summed E-state index contributed by atoms with van der Waals surface area (Å²) in [4.78, 5) is -0.452. The highest BCUT2D eigenvalue weighted by Crippen LogP contribution is 2.21. The van der Waals surface area contributed by atoms with Gasteiger partial charge in [-0.15, -0.1) is 0 Å². The second-order valence-electron chi connectivity index (χ2n) is 3.72. The average molecular weight is 278 g/mol. The van der Waals surface area contributed by atoms with Crippen LogP contribution in [-0.2, 0) is 20.0 Å². The number of hydrogen-bond donors (Lipinski definition) is 1. The van der Waals surface area contributed by atoms with Crippen LogP contribution in [-0.4, -0.2) is 27.1 Å². The molecule has 7 heteroatoms. The molecule has 0 unspecified atom stereocenters. The lowest BCUT2D eigenvalue weighted by atomic mass is 10.2. The van der Waals surface area contributed by atoms with Crippen LogP contribution in [0.1, 0.15) is 18.9 Å². The van der Waals surface area contributed by atoms with Crippen molar-refractivity contribution in [3.8, 4) is 0 Å². The van der Waals surface area contributed by atoms with Gasteiger partial charge in [0.2, 0.25) is 0 Å². The summed E-state index contributed by atoms with van der Waals surface area (Å²) >= 11 is 0. The molecule has 0 aliphatic rings. The van der Waals surface area contributed by atoms with Crippen molar-refractivity contribution < 1.29 is 21.4 Å². The maximum atomic E-state index is 11.7. The Balaban J connectivity index is 3.43. The zero-order valence-corrected chi connectivity index (χ0v) is 11.2. The molecule has 1 aromatic carbocycles. The second-order valence-corrected chi connectivity index (χ2v) is 7.22. The normalized spacial score (nSPS) is 12.6. The highest BCUT2D eigenvalue weighted by Gasteiger charge is 2.19. The molecule has 0 amide bonds. The molecule has 0 bridgehead atoms. The quantitative estimate of drug-likeness (QED) is 0.841. The Bertz CT molecular complexity index is 614. The van der Waals surface area contributed by atoms with Gasteiger partial charge in [0, 0.05) is 0 Å². The van der Waals surface area contributed by atoms with E-state index in [0.717, 1.165) is 6.07 Å². The van der Waals surface area contributed by atoms with Gasteiger partial charge in [-0.2, -0.15) is 8.42 Å². The van der Waals surface area contributed by atoms with Crippen LogP contribution < -0.4 is 0 Å². The lowest BCUT2D eigenvalue weighted by molar-refractivity contribution is 0.482. The van der Waals surface area contributed by atoms with Crippen LogP contribution in [0.5, 0.6) is 0 Å². The first-order valence-corrected chi connectivity index (χ1v) is 8.08. The molecular weight excluding hydrogens is 264 g/mol. The van der Waals surface area contributed by atoms with E-state index in [1.807, 2.05) is 0 Å². The van der Waals surface area contributed by atoms with E-state index in [4.69, 9.17) is 4.55 Å². The minimum absolute atomic E-state index is 0.0546. The van der Waals surface area contributed by atoms with Crippen LogP contribution in [0.15, 0.2) is 28.0 Å². The number of hydrogen-bond acceptors (Lipinski definition) is 4. The third kappa shape index (κ3) is 3.27. The SMILES string of the molecule is CCCS(=O)(=O)c1ccc(C)c(S(=O)(=O)O)c1. The summed E-state index contributed by atoms with van der Waals surface area (Å²) in [5, 5.41) is 0. The van der Waals surface area contributed by atoms with Gasteiger partial charge in [0.15, 0.2) is 9.84 Å². The molecule has 0 aromatic heterocycles. The van der Waals surface area contributed by atoms with E-state index >= 15 is 0 Å². The fraction of sp³-hybridized carbons (Fsp3) is 0.400. The van der Waals surface area contributed by atoms with Crippen LogP contribution in [0.25, 0.3) is 0 Å². The highest BCUT2D eigenvalue weighted by atomic mass is 32.2. The summed E-state index contributed by atoms with van der Waals surface area (Å²) in [5.74, 6) is -0.0546. The molecule has 1 rings (SSSR count). The first-order chi connectivity index (χ1) is 7.68. The van der Waals surface area contributed by atoms with E-state index in [9.17, 15) is 16.8 Å². The molecule has 0 aliphatic heterocycles. The largest absolute Gasteiger partial charge is 0.294 e. The Morgan fingerprint density at radius 3 is 2.24 bits per heavy atom. The summed E-state index contributed by atoms with van der Waals surface area (Å²) in [6, 6.07) is 3.70. The van der Waals surface area contributed by atoms with Crippen LogP contribution >= 0.6 is 0 Å². The molecule has 5 nitrogen and oxygen atoms in total. The minimum Gasteiger partial charge on any atom is -0.282 e. The third-order valence-electron chi connectivity index (χ3n) is 2.27. The molecular formula is C10H14O5S2. The number of sulfone groups is 1. The van der Waals surface area contributed by atoms with Crippen molar-refractivity contribution in [2.45, 2.75) is 30.1 Å². The van der Waals surface area contributed by atoms with Crippen molar-refractivity contribution in [1.29, 1.82) is 0 Å². The van der Waals surface area contributed by atoms with E-state index in [0.29, 0.717) is 12.0 Å². The van der Waals surface area contributed by atoms with E-state index in [1.54, 1.807) is 6.92 Å². The minimum atomic E-state index is -4.40. The van der Waals surface area contributed by atoms with Crippen molar-refractivity contribution >= 4 is 20.0 Å². The molecule has 0 spiro atoms. The Morgan fingerprint density at radius 1 is 1.18 bits per heavy atom. The van der Waals surface area contributed by atoms with Gasteiger partial charge in [-0.05, 0) is 31.0 Å². The van der Waals surface area contributed by atoms with Crippen molar-refractivity contribution in [3.63, 3.8) is 0 Å². The highest BCUT2D eigenvalue weighted by molar-refractivity contribution is 7.91. The Kier molecular flexibility index (Phi) is 3.95. The van der Waals surface area contributed by atoms with Crippen LogP contribution in [0.3, 0.4) is 0 Å². The van der Waals surface area contributed by atoms with Gasteiger partial charge >= 0.3 is 0 Å². The Labute approximate surface area is 101 Å². The first-order valence-electron chi connectivity index (χ1n) is 4.99. The van der Waals surface area contributed by atoms with Crippen LogP contribution in [0.2, 0.25) is 0 Å². The van der Waals surface area contributed by atoms with Gasteiger partial charge in [-0.25, -0.2) is 8.42 Å². The monoisotopic (exact) mass is 278 g/mol. The smallest absolute Gasteiger partial charge is 0.282 e. The summed E-state index contributed by atoms with van der Waals surface area (Å²) < 4.78 is 54.6. The average Bonchev–Trinajstić information content (AvgIpc) is 2.15. The lowest BCUT2D eigenvalue weighted by Crippen LogP contribution is -2.08. The fourth-order valence-electron chi connectivity index (χ4n) is 1.44. The third-order valence-corrected chi connectivity index (χ3v) is 5.18. The van der Waals surface area contributed by atoms with Gasteiger partial charge in [-0.1, -0.05) is 13.0 Å². The number of benzene rings is 1. The summed E-state index contributed by atoms with van der Waals surface area (Å²) in [7, 11) is -7.88. The van der Waals surface area contributed by atoms with Crippen molar-refractivity contribution in [1.82, 2.24) is 0 Å². The Morgan fingerprint density at radius 2 is 1.76 bits per heavy atom. The molecule has 0 fully saturated rings. The summed E-state index contributed by atoms with van der Waals surface area (Å²) in [6.07, 6.45) is 0.442. The molecule has 0 saturated carbocycles. The Hall–Kier alpha value is -0.920. The van der Waals surface area contributed by atoms with E-state index in [2.05, 4.69) is 0 Å².